The Labute approximate surface area is 134 Å². The van der Waals surface area contributed by atoms with Crippen molar-refractivity contribution in [1.29, 1.82) is 0 Å². The third kappa shape index (κ3) is 5.07. The van der Waals surface area contributed by atoms with E-state index in [0.29, 0.717) is 18.9 Å². The molecule has 7 heteroatoms. The maximum absolute atomic E-state index is 12.6. The lowest BCUT2D eigenvalue weighted by molar-refractivity contribution is -0.137. The molecule has 4 nitrogen and oxygen atoms in total. The number of hydrogen-bond donors (Lipinski definition) is 2. The van der Waals surface area contributed by atoms with Crippen molar-refractivity contribution in [2.75, 3.05) is 31.1 Å². The topological polar surface area (TPSA) is 48.4 Å². The summed E-state index contributed by atoms with van der Waals surface area (Å²) < 4.78 is 37.8. The smallest absolute Gasteiger partial charge is 0.396 e. The van der Waals surface area contributed by atoms with Gasteiger partial charge in [-0.15, -0.1) is 0 Å². The van der Waals surface area contributed by atoms with Gasteiger partial charge in [-0.3, -0.25) is 0 Å². The van der Waals surface area contributed by atoms with Gasteiger partial charge in [0.15, 0.2) is 0 Å². The number of alkyl halides is 3. The van der Waals surface area contributed by atoms with E-state index < -0.39 is 11.7 Å². The first-order chi connectivity index (χ1) is 10.7. The first kappa shape index (κ1) is 18.0. The summed E-state index contributed by atoms with van der Waals surface area (Å²) in [5.41, 5.74) is -0.910. The van der Waals surface area contributed by atoms with E-state index in [9.17, 15) is 18.3 Å². The van der Waals surface area contributed by atoms with Crippen LogP contribution >= 0.6 is 0 Å². The Morgan fingerprint density at radius 1 is 1.35 bits per heavy atom. The number of aliphatic hydroxyl groups is 1. The number of hydrogen-bond acceptors (Lipinski definition) is 4. The van der Waals surface area contributed by atoms with Crippen molar-refractivity contribution in [3.05, 3.63) is 23.9 Å². The van der Waals surface area contributed by atoms with Crippen molar-refractivity contribution in [2.45, 2.75) is 38.9 Å². The Kier molecular flexibility index (Phi) is 5.52. The first-order valence-corrected chi connectivity index (χ1v) is 7.84. The number of anilines is 1. The van der Waals surface area contributed by atoms with Crippen LogP contribution in [0.1, 0.15) is 32.3 Å². The molecule has 0 saturated carbocycles. The van der Waals surface area contributed by atoms with Crippen molar-refractivity contribution in [1.82, 2.24) is 10.3 Å². The van der Waals surface area contributed by atoms with Crippen LogP contribution in [-0.2, 0) is 6.18 Å². The first-order valence-electron chi connectivity index (χ1n) is 7.84. The summed E-state index contributed by atoms with van der Waals surface area (Å²) >= 11 is 0. The van der Waals surface area contributed by atoms with E-state index in [0.717, 1.165) is 31.6 Å². The second kappa shape index (κ2) is 7.05. The number of aliphatic hydroxyl groups excluding tert-OH is 1. The molecule has 0 bridgehead atoms. The molecule has 130 valence electrons. The highest BCUT2D eigenvalue weighted by atomic mass is 19.4. The molecule has 0 aromatic carbocycles. The van der Waals surface area contributed by atoms with Crippen molar-refractivity contribution in [3.8, 4) is 0 Å². The number of halogens is 3. The van der Waals surface area contributed by atoms with Crippen LogP contribution in [0, 0.1) is 5.41 Å². The van der Waals surface area contributed by atoms with Crippen molar-refractivity contribution < 1.29 is 18.3 Å². The minimum Gasteiger partial charge on any atom is -0.396 e. The fraction of sp³-hybridized carbons (Fsp3) is 0.688. The predicted octanol–water partition coefficient (Wildman–Crippen LogP) is 2.68. The highest BCUT2D eigenvalue weighted by Crippen LogP contribution is 2.29. The van der Waals surface area contributed by atoms with Crippen molar-refractivity contribution in [2.24, 2.45) is 5.41 Å². The average molecular weight is 331 g/mol. The molecule has 0 unspecified atom stereocenters. The summed E-state index contributed by atoms with van der Waals surface area (Å²) in [6.45, 7) is 6.27. The minimum atomic E-state index is -4.35. The molecule has 1 aliphatic heterocycles. The van der Waals surface area contributed by atoms with E-state index in [1.165, 1.54) is 6.07 Å². The molecular formula is C16H24F3N3O. The summed E-state index contributed by atoms with van der Waals surface area (Å²) in [5.74, 6) is 0.575. The SMILES string of the molecule is CC(C)(CO)CN[C@H]1CCCN(c2ccc(C(F)(F)F)cn2)C1. The van der Waals surface area contributed by atoms with E-state index in [4.69, 9.17) is 0 Å². The van der Waals surface area contributed by atoms with Gasteiger partial charge in [-0.05, 0) is 25.0 Å². The van der Waals surface area contributed by atoms with Gasteiger partial charge in [0.2, 0.25) is 0 Å². The zero-order valence-corrected chi connectivity index (χ0v) is 13.5. The molecule has 1 aliphatic rings. The fourth-order valence-corrected chi connectivity index (χ4v) is 2.57. The lowest BCUT2D eigenvalue weighted by Crippen LogP contribution is -2.48. The monoisotopic (exact) mass is 331 g/mol. The summed E-state index contributed by atoms with van der Waals surface area (Å²) in [6.07, 6.45) is -1.49. The van der Waals surface area contributed by atoms with E-state index in [2.05, 4.69) is 10.3 Å². The Hall–Kier alpha value is -1.34. The molecule has 1 aromatic heterocycles. The Balaban J connectivity index is 1.95. The molecule has 23 heavy (non-hydrogen) atoms. The van der Waals surface area contributed by atoms with Crippen LogP contribution in [0.3, 0.4) is 0 Å². The van der Waals surface area contributed by atoms with E-state index in [-0.39, 0.29) is 18.1 Å². The summed E-state index contributed by atoms with van der Waals surface area (Å²) in [7, 11) is 0. The highest BCUT2D eigenvalue weighted by molar-refractivity contribution is 5.40. The van der Waals surface area contributed by atoms with E-state index in [1.807, 2.05) is 18.7 Å². The second-order valence-corrected chi connectivity index (χ2v) is 6.89. The molecule has 1 fully saturated rings. The van der Waals surface area contributed by atoms with Gasteiger partial charge in [0, 0.05) is 43.9 Å². The van der Waals surface area contributed by atoms with Gasteiger partial charge in [0.05, 0.1) is 5.56 Å². The summed E-state index contributed by atoms with van der Waals surface area (Å²) in [4.78, 5) is 5.97. The number of piperidine rings is 1. The van der Waals surface area contributed by atoms with Gasteiger partial charge in [-0.2, -0.15) is 13.2 Å². The number of nitrogens with one attached hydrogen (secondary N) is 1. The molecule has 0 radical (unpaired) electrons. The summed E-state index contributed by atoms with van der Waals surface area (Å²) in [6, 6.07) is 2.76. The molecule has 1 aromatic rings. The van der Waals surface area contributed by atoms with Gasteiger partial charge in [-0.25, -0.2) is 4.98 Å². The van der Waals surface area contributed by atoms with Crippen LogP contribution in [0.4, 0.5) is 19.0 Å². The van der Waals surface area contributed by atoms with Gasteiger partial charge in [0.25, 0.3) is 0 Å². The predicted molar refractivity (Wildman–Crippen MR) is 83.3 cm³/mol. The molecule has 0 amide bonds. The van der Waals surface area contributed by atoms with Gasteiger partial charge in [0.1, 0.15) is 5.82 Å². The Bertz CT molecular complexity index is 502. The maximum atomic E-state index is 12.6. The van der Waals surface area contributed by atoms with Gasteiger partial charge < -0.3 is 15.3 Å². The molecular weight excluding hydrogens is 307 g/mol. The molecule has 1 saturated heterocycles. The zero-order valence-electron chi connectivity index (χ0n) is 13.5. The third-order valence-corrected chi connectivity index (χ3v) is 4.12. The van der Waals surface area contributed by atoms with Gasteiger partial charge >= 0.3 is 6.18 Å². The lowest BCUT2D eigenvalue weighted by Gasteiger charge is -2.35. The van der Waals surface area contributed by atoms with Crippen LogP contribution in [0.2, 0.25) is 0 Å². The van der Waals surface area contributed by atoms with Crippen LogP contribution in [-0.4, -0.2) is 42.4 Å². The number of aromatic nitrogens is 1. The van der Waals surface area contributed by atoms with Crippen LogP contribution in [0.15, 0.2) is 18.3 Å². The van der Waals surface area contributed by atoms with Crippen LogP contribution in [0.5, 0.6) is 0 Å². The average Bonchev–Trinajstić information content (AvgIpc) is 2.53. The van der Waals surface area contributed by atoms with Gasteiger partial charge in [-0.1, -0.05) is 13.8 Å². The summed E-state index contributed by atoms with van der Waals surface area (Å²) in [5, 5.41) is 12.7. The van der Waals surface area contributed by atoms with Crippen molar-refractivity contribution >= 4 is 5.82 Å². The quantitative estimate of drug-likeness (QED) is 0.871. The molecule has 0 aliphatic carbocycles. The Morgan fingerprint density at radius 3 is 2.65 bits per heavy atom. The molecule has 2 heterocycles. The second-order valence-electron chi connectivity index (χ2n) is 6.89. The molecule has 2 rings (SSSR count). The highest BCUT2D eigenvalue weighted by Gasteiger charge is 2.31. The van der Waals surface area contributed by atoms with Crippen molar-refractivity contribution in [3.63, 3.8) is 0 Å². The Morgan fingerprint density at radius 2 is 2.09 bits per heavy atom. The fourth-order valence-electron chi connectivity index (χ4n) is 2.57. The van der Waals surface area contributed by atoms with Crippen LogP contribution < -0.4 is 10.2 Å². The number of pyridine rings is 1. The van der Waals surface area contributed by atoms with E-state index >= 15 is 0 Å². The maximum Gasteiger partial charge on any atom is 0.417 e. The van der Waals surface area contributed by atoms with E-state index in [1.54, 1.807) is 0 Å². The zero-order chi connectivity index (χ0) is 17.1. The standard InChI is InChI=1S/C16H24F3N3O/c1-15(2,11-23)10-21-13-4-3-7-22(9-13)14-6-5-12(8-20-14)16(17,18)19/h5-6,8,13,21,23H,3-4,7,9-11H2,1-2H3/t13-/m0/s1. The minimum absolute atomic E-state index is 0.108. The lowest BCUT2D eigenvalue weighted by atomic mass is 9.94. The van der Waals surface area contributed by atoms with Crippen LogP contribution in [0.25, 0.3) is 0 Å². The normalized spacial score (nSPS) is 19.9. The number of rotatable bonds is 5. The molecule has 0 spiro atoms. The largest absolute Gasteiger partial charge is 0.417 e. The molecule has 2 N–H and O–H groups in total. The number of nitrogens with zero attached hydrogens (tertiary/aromatic N) is 2. The molecule has 1 atom stereocenters. The third-order valence-electron chi connectivity index (χ3n) is 4.12.